The summed E-state index contributed by atoms with van der Waals surface area (Å²) in [7, 11) is -2.96. The monoisotopic (exact) mass is 273 g/mol. The van der Waals surface area contributed by atoms with E-state index in [9.17, 15) is 13.2 Å². The second-order valence-electron chi connectivity index (χ2n) is 3.91. The molecule has 7 nitrogen and oxygen atoms in total. The van der Waals surface area contributed by atoms with E-state index in [2.05, 4.69) is 15.3 Å². The number of rotatable bonds is 6. The Morgan fingerprint density at radius 1 is 1.50 bits per heavy atom. The molecule has 0 radical (unpaired) electrons. The fourth-order valence-corrected chi connectivity index (χ4v) is 1.97. The molecule has 2 N–H and O–H groups in total. The highest BCUT2D eigenvalue weighted by Gasteiger charge is 2.09. The largest absolute Gasteiger partial charge is 0.478 e. The summed E-state index contributed by atoms with van der Waals surface area (Å²) in [5.41, 5.74) is 0.416. The number of hydrogen-bond acceptors (Lipinski definition) is 6. The summed E-state index contributed by atoms with van der Waals surface area (Å²) in [6, 6.07) is 0. The lowest BCUT2D eigenvalue weighted by Gasteiger charge is -2.06. The average molecular weight is 273 g/mol. The van der Waals surface area contributed by atoms with Crippen LogP contribution in [0.5, 0.6) is 0 Å². The summed E-state index contributed by atoms with van der Waals surface area (Å²) in [4.78, 5) is 18.6. The summed E-state index contributed by atoms with van der Waals surface area (Å²) in [6.45, 7) is 1.99. The second kappa shape index (κ2) is 5.76. The lowest BCUT2D eigenvalue weighted by Crippen LogP contribution is -2.12. The van der Waals surface area contributed by atoms with E-state index >= 15 is 0 Å². The molecular formula is C10H15N3O4S. The number of aryl methyl sites for hydroxylation is 1. The van der Waals surface area contributed by atoms with Crippen molar-refractivity contribution in [2.75, 3.05) is 23.9 Å². The molecule has 1 aromatic heterocycles. The number of nitrogens with one attached hydrogen (secondary N) is 1. The Hall–Kier alpha value is -1.70. The van der Waals surface area contributed by atoms with Gasteiger partial charge in [-0.25, -0.2) is 23.2 Å². The number of hydrogen-bond donors (Lipinski definition) is 2. The van der Waals surface area contributed by atoms with E-state index in [0.29, 0.717) is 24.6 Å². The molecule has 0 amide bonds. The minimum atomic E-state index is -2.96. The van der Waals surface area contributed by atoms with Crippen molar-refractivity contribution in [3.8, 4) is 0 Å². The van der Waals surface area contributed by atoms with Crippen LogP contribution in [0.2, 0.25) is 0 Å². The Bertz CT molecular complexity index is 542. The van der Waals surface area contributed by atoms with Gasteiger partial charge in [0, 0.05) is 19.0 Å². The molecule has 1 aromatic rings. The number of carboxylic acids is 1. The number of anilines is 1. The molecule has 0 unspecified atom stereocenters. The van der Waals surface area contributed by atoms with Crippen LogP contribution in [0.3, 0.4) is 0 Å². The van der Waals surface area contributed by atoms with Gasteiger partial charge in [0.1, 0.15) is 9.84 Å². The van der Waals surface area contributed by atoms with E-state index in [-0.39, 0.29) is 11.3 Å². The maximum atomic E-state index is 10.9. The van der Waals surface area contributed by atoms with Gasteiger partial charge in [-0.15, -0.1) is 0 Å². The molecule has 18 heavy (non-hydrogen) atoms. The lowest BCUT2D eigenvalue weighted by molar-refractivity contribution is 0.0695. The number of aromatic nitrogens is 2. The molecule has 0 aliphatic heterocycles. The van der Waals surface area contributed by atoms with Gasteiger partial charge >= 0.3 is 5.97 Å². The Balaban J connectivity index is 2.54. The van der Waals surface area contributed by atoms with Crippen molar-refractivity contribution >= 4 is 21.8 Å². The van der Waals surface area contributed by atoms with Crippen LogP contribution in [0.4, 0.5) is 5.95 Å². The van der Waals surface area contributed by atoms with E-state index < -0.39 is 15.8 Å². The Morgan fingerprint density at radius 2 is 2.17 bits per heavy atom. The van der Waals surface area contributed by atoms with Gasteiger partial charge in [0.15, 0.2) is 0 Å². The van der Waals surface area contributed by atoms with Gasteiger partial charge in [-0.3, -0.25) is 0 Å². The number of carboxylic acid groups (broad SMARTS) is 1. The Morgan fingerprint density at radius 3 is 2.67 bits per heavy atom. The first kappa shape index (κ1) is 14.4. The van der Waals surface area contributed by atoms with Crippen LogP contribution in [0.25, 0.3) is 0 Å². The smallest absolute Gasteiger partial charge is 0.339 e. The van der Waals surface area contributed by atoms with Crippen molar-refractivity contribution in [1.29, 1.82) is 0 Å². The van der Waals surface area contributed by atoms with Crippen molar-refractivity contribution in [1.82, 2.24) is 9.97 Å². The number of nitrogens with zero attached hydrogens (tertiary/aromatic N) is 2. The molecule has 1 heterocycles. The zero-order valence-electron chi connectivity index (χ0n) is 10.2. The molecule has 0 aliphatic carbocycles. The molecule has 0 aromatic carbocycles. The van der Waals surface area contributed by atoms with Gasteiger partial charge in [-0.2, -0.15) is 0 Å². The quantitative estimate of drug-likeness (QED) is 0.719. The molecular weight excluding hydrogens is 258 g/mol. The Kier molecular flexibility index (Phi) is 4.60. The van der Waals surface area contributed by atoms with Crippen LogP contribution < -0.4 is 5.32 Å². The van der Waals surface area contributed by atoms with Crippen molar-refractivity contribution in [3.63, 3.8) is 0 Å². The van der Waals surface area contributed by atoms with Crippen LogP contribution in [0.1, 0.15) is 22.5 Å². The first-order chi connectivity index (χ1) is 8.29. The summed E-state index contributed by atoms with van der Waals surface area (Å²) in [6.07, 6.45) is 2.85. The highest BCUT2D eigenvalue weighted by molar-refractivity contribution is 7.90. The minimum Gasteiger partial charge on any atom is -0.478 e. The fraction of sp³-hybridized carbons (Fsp3) is 0.500. The van der Waals surface area contributed by atoms with Gasteiger partial charge < -0.3 is 10.4 Å². The maximum Gasteiger partial charge on any atom is 0.339 e. The molecule has 0 fully saturated rings. The average Bonchev–Trinajstić information content (AvgIpc) is 2.22. The molecule has 8 heteroatoms. The first-order valence-electron chi connectivity index (χ1n) is 5.28. The second-order valence-corrected chi connectivity index (χ2v) is 6.17. The SMILES string of the molecule is Cc1nc(NCCCS(C)(=O)=O)ncc1C(=O)O. The van der Waals surface area contributed by atoms with Crippen LogP contribution in [-0.2, 0) is 9.84 Å². The minimum absolute atomic E-state index is 0.0525. The third-order valence-electron chi connectivity index (χ3n) is 2.18. The molecule has 0 spiro atoms. The van der Waals surface area contributed by atoms with E-state index in [4.69, 9.17) is 5.11 Å². The van der Waals surface area contributed by atoms with E-state index in [1.807, 2.05) is 0 Å². The van der Waals surface area contributed by atoms with Gasteiger partial charge in [0.05, 0.1) is 17.0 Å². The van der Waals surface area contributed by atoms with Gasteiger partial charge in [0.25, 0.3) is 0 Å². The molecule has 0 saturated carbocycles. The topological polar surface area (TPSA) is 109 Å². The van der Waals surface area contributed by atoms with Gasteiger partial charge in [-0.1, -0.05) is 0 Å². The molecule has 100 valence electrons. The summed E-state index contributed by atoms with van der Waals surface area (Å²) in [5.74, 6) is -0.686. The van der Waals surface area contributed by atoms with E-state index in [1.165, 1.54) is 12.5 Å². The van der Waals surface area contributed by atoms with Crippen molar-refractivity contribution in [3.05, 3.63) is 17.5 Å². The third-order valence-corrected chi connectivity index (χ3v) is 3.22. The Labute approximate surface area is 105 Å². The van der Waals surface area contributed by atoms with Crippen LogP contribution in [0, 0.1) is 6.92 Å². The van der Waals surface area contributed by atoms with E-state index in [0.717, 1.165) is 0 Å². The number of aromatic carboxylic acids is 1. The predicted molar refractivity (Wildman–Crippen MR) is 66.5 cm³/mol. The predicted octanol–water partition coefficient (Wildman–Crippen LogP) is 0.330. The van der Waals surface area contributed by atoms with E-state index in [1.54, 1.807) is 6.92 Å². The van der Waals surface area contributed by atoms with Gasteiger partial charge in [0.2, 0.25) is 5.95 Å². The number of sulfone groups is 1. The summed E-state index contributed by atoms with van der Waals surface area (Å²) >= 11 is 0. The lowest BCUT2D eigenvalue weighted by atomic mass is 10.2. The molecule has 0 atom stereocenters. The third kappa shape index (κ3) is 4.66. The number of carbonyl (C=O) groups is 1. The highest BCUT2D eigenvalue weighted by atomic mass is 32.2. The molecule has 0 aliphatic rings. The molecule has 1 rings (SSSR count). The molecule has 0 bridgehead atoms. The molecule has 0 saturated heterocycles. The summed E-state index contributed by atoms with van der Waals surface area (Å²) in [5, 5.41) is 11.6. The van der Waals surface area contributed by atoms with Crippen molar-refractivity contribution in [2.24, 2.45) is 0 Å². The van der Waals surface area contributed by atoms with Crippen LogP contribution in [0.15, 0.2) is 6.20 Å². The normalized spacial score (nSPS) is 11.2. The first-order valence-corrected chi connectivity index (χ1v) is 7.34. The van der Waals surface area contributed by atoms with Crippen molar-refractivity contribution < 1.29 is 18.3 Å². The fourth-order valence-electron chi connectivity index (χ4n) is 1.30. The summed E-state index contributed by atoms with van der Waals surface area (Å²) < 4.78 is 21.8. The van der Waals surface area contributed by atoms with Crippen LogP contribution >= 0.6 is 0 Å². The maximum absolute atomic E-state index is 10.9. The highest BCUT2D eigenvalue weighted by Crippen LogP contribution is 2.06. The standard InChI is InChI=1S/C10H15N3O4S/c1-7-8(9(14)15)6-12-10(13-7)11-4-3-5-18(2,16)17/h6H,3-5H2,1-2H3,(H,14,15)(H,11,12,13). The van der Waals surface area contributed by atoms with Gasteiger partial charge in [-0.05, 0) is 13.3 Å². The zero-order chi connectivity index (χ0) is 13.8. The van der Waals surface area contributed by atoms with Crippen LogP contribution in [-0.4, -0.2) is 48.0 Å². The zero-order valence-corrected chi connectivity index (χ0v) is 11.0. The van der Waals surface area contributed by atoms with Crippen molar-refractivity contribution in [2.45, 2.75) is 13.3 Å².